The van der Waals surface area contributed by atoms with E-state index >= 15 is 0 Å². The number of hydrogen-bond acceptors (Lipinski definition) is 3. The van der Waals surface area contributed by atoms with Gasteiger partial charge in [0.25, 0.3) is 0 Å². The van der Waals surface area contributed by atoms with Crippen LogP contribution >= 0.6 is 0 Å². The van der Waals surface area contributed by atoms with Crippen LogP contribution in [-0.2, 0) is 23.2 Å². The van der Waals surface area contributed by atoms with E-state index in [1.54, 1.807) is 0 Å². The first kappa shape index (κ1) is 20.6. The summed E-state index contributed by atoms with van der Waals surface area (Å²) in [6, 6.07) is 28.2. The maximum Gasteiger partial charge on any atom is 0.147 e. The van der Waals surface area contributed by atoms with Crippen LogP contribution in [0.3, 0.4) is 0 Å². The lowest BCUT2D eigenvalue weighted by atomic mass is 9.67. The number of carbonyl (C=O) groups excluding carboxylic acids is 1. The third-order valence-corrected chi connectivity index (χ3v) is 7.05. The van der Waals surface area contributed by atoms with Crippen molar-refractivity contribution in [2.24, 2.45) is 0 Å². The monoisotopic (exact) mass is 422 g/mol. The van der Waals surface area contributed by atoms with Crippen LogP contribution < -0.4 is 9.80 Å². The molecule has 1 aliphatic heterocycles. The van der Waals surface area contributed by atoms with Crippen LogP contribution in [0.25, 0.3) is 0 Å². The number of fused-ring (bicyclic) bond motifs is 3. The Hall–Kier alpha value is -3.33. The Kier molecular flexibility index (Phi) is 5.34. The van der Waals surface area contributed by atoms with Crippen LogP contribution in [0, 0.1) is 0 Å². The SMILES string of the molecule is CN(C)c1ccc2c(c1)C1(Cc3ccccc3)CCCC(C=O)=C1N2Cc1ccccc1. The van der Waals surface area contributed by atoms with Gasteiger partial charge in [0.15, 0.2) is 0 Å². The van der Waals surface area contributed by atoms with Crippen molar-refractivity contribution in [2.45, 2.75) is 37.6 Å². The zero-order valence-corrected chi connectivity index (χ0v) is 18.9. The number of hydrogen-bond donors (Lipinski definition) is 0. The van der Waals surface area contributed by atoms with E-state index in [1.807, 2.05) is 0 Å². The van der Waals surface area contributed by atoms with Gasteiger partial charge in [0.2, 0.25) is 0 Å². The van der Waals surface area contributed by atoms with Gasteiger partial charge in [-0.3, -0.25) is 4.79 Å². The van der Waals surface area contributed by atoms with Gasteiger partial charge >= 0.3 is 0 Å². The first-order valence-electron chi connectivity index (χ1n) is 11.5. The van der Waals surface area contributed by atoms with E-state index in [1.165, 1.54) is 33.8 Å². The fourth-order valence-electron chi connectivity index (χ4n) is 5.62. The maximum atomic E-state index is 12.3. The van der Waals surface area contributed by atoms with Crippen LogP contribution in [-0.4, -0.2) is 20.4 Å². The van der Waals surface area contributed by atoms with E-state index in [4.69, 9.17) is 0 Å². The molecule has 5 rings (SSSR count). The molecule has 1 heterocycles. The number of nitrogens with zero attached hydrogens (tertiary/aromatic N) is 2. The van der Waals surface area contributed by atoms with Gasteiger partial charge < -0.3 is 9.80 Å². The molecule has 3 aromatic rings. The Morgan fingerprint density at radius 2 is 1.62 bits per heavy atom. The molecule has 0 amide bonds. The van der Waals surface area contributed by atoms with Gasteiger partial charge in [-0.25, -0.2) is 0 Å². The number of benzene rings is 3. The molecule has 32 heavy (non-hydrogen) atoms. The lowest BCUT2D eigenvalue weighted by Gasteiger charge is -2.38. The minimum absolute atomic E-state index is 0.175. The average molecular weight is 423 g/mol. The molecular weight excluding hydrogens is 392 g/mol. The molecule has 0 spiro atoms. The Bertz CT molecular complexity index is 1150. The van der Waals surface area contributed by atoms with E-state index in [0.717, 1.165) is 44.1 Å². The third kappa shape index (κ3) is 3.42. The van der Waals surface area contributed by atoms with Crippen molar-refractivity contribution >= 4 is 17.7 Å². The van der Waals surface area contributed by atoms with Crippen LogP contribution in [0.5, 0.6) is 0 Å². The molecular formula is C29H30N2O. The smallest absolute Gasteiger partial charge is 0.147 e. The van der Waals surface area contributed by atoms with Gasteiger partial charge in [0.1, 0.15) is 6.29 Å². The number of rotatable bonds is 6. The summed E-state index contributed by atoms with van der Waals surface area (Å²) in [5.41, 5.74) is 8.39. The molecule has 1 aliphatic carbocycles. The van der Waals surface area contributed by atoms with E-state index < -0.39 is 0 Å². The molecule has 0 fully saturated rings. The predicted octanol–water partition coefficient (Wildman–Crippen LogP) is 5.89. The molecule has 2 aliphatic rings. The maximum absolute atomic E-state index is 12.3. The van der Waals surface area contributed by atoms with Gasteiger partial charge in [-0.1, -0.05) is 60.7 Å². The number of carbonyl (C=O) groups is 1. The second kappa shape index (κ2) is 8.31. The average Bonchev–Trinajstić information content (AvgIpc) is 3.09. The van der Waals surface area contributed by atoms with Gasteiger partial charge in [0.05, 0.1) is 0 Å². The molecule has 0 aromatic heterocycles. The van der Waals surface area contributed by atoms with Crippen LogP contribution in [0.1, 0.15) is 36.0 Å². The summed E-state index contributed by atoms with van der Waals surface area (Å²) < 4.78 is 0. The zero-order chi connectivity index (χ0) is 22.1. The van der Waals surface area contributed by atoms with Gasteiger partial charge in [-0.05, 0) is 60.6 Å². The lowest BCUT2D eigenvalue weighted by molar-refractivity contribution is -0.105. The lowest BCUT2D eigenvalue weighted by Crippen LogP contribution is -2.37. The summed E-state index contributed by atoms with van der Waals surface area (Å²) in [6.07, 6.45) is 4.98. The molecule has 3 nitrogen and oxygen atoms in total. The Labute approximate surface area is 191 Å². The standard InChI is InChI=1S/C29H30N2O/c1-30(2)25-15-16-27-26(18-25)29(19-22-10-5-3-6-11-22)17-9-14-24(21-32)28(29)31(27)20-23-12-7-4-8-13-23/h3-8,10-13,15-16,18,21H,9,14,17,19-20H2,1-2H3. The fourth-order valence-corrected chi connectivity index (χ4v) is 5.62. The highest BCUT2D eigenvalue weighted by Gasteiger charge is 2.50. The summed E-state index contributed by atoms with van der Waals surface area (Å²) in [5, 5.41) is 0. The van der Waals surface area contributed by atoms with Gasteiger partial charge in [0, 0.05) is 48.7 Å². The molecule has 0 radical (unpaired) electrons. The molecule has 0 bridgehead atoms. The minimum atomic E-state index is -0.175. The summed E-state index contributed by atoms with van der Waals surface area (Å²) in [5.74, 6) is 0. The summed E-state index contributed by atoms with van der Waals surface area (Å²) in [6.45, 7) is 0.776. The second-order valence-electron chi connectivity index (χ2n) is 9.26. The fraction of sp³-hybridized carbons (Fsp3) is 0.276. The highest BCUT2D eigenvalue weighted by atomic mass is 16.1. The van der Waals surface area contributed by atoms with E-state index in [9.17, 15) is 4.79 Å². The summed E-state index contributed by atoms with van der Waals surface area (Å²) >= 11 is 0. The molecule has 3 aromatic carbocycles. The predicted molar refractivity (Wildman–Crippen MR) is 132 cm³/mol. The normalized spacial score (nSPS) is 19.5. The number of allylic oxidation sites excluding steroid dienone is 2. The molecule has 1 unspecified atom stereocenters. The summed E-state index contributed by atoms with van der Waals surface area (Å²) in [7, 11) is 4.19. The highest BCUT2D eigenvalue weighted by Crippen LogP contribution is 2.57. The summed E-state index contributed by atoms with van der Waals surface area (Å²) in [4.78, 5) is 16.9. The van der Waals surface area contributed by atoms with Gasteiger partial charge in [-0.2, -0.15) is 0 Å². The van der Waals surface area contributed by atoms with E-state index in [2.05, 4.69) is 103 Å². The van der Waals surface area contributed by atoms with Crippen LogP contribution in [0.2, 0.25) is 0 Å². The third-order valence-electron chi connectivity index (χ3n) is 7.05. The minimum Gasteiger partial charge on any atom is -0.378 e. The first-order valence-corrected chi connectivity index (χ1v) is 11.5. The van der Waals surface area contributed by atoms with Crippen LogP contribution in [0.4, 0.5) is 11.4 Å². The largest absolute Gasteiger partial charge is 0.378 e. The first-order chi connectivity index (χ1) is 15.6. The van der Waals surface area contributed by atoms with E-state index in [0.29, 0.717) is 0 Å². The van der Waals surface area contributed by atoms with Crippen molar-refractivity contribution in [1.82, 2.24) is 0 Å². The molecule has 3 heteroatoms. The molecule has 0 saturated carbocycles. The van der Waals surface area contributed by atoms with Crippen molar-refractivity contribution in [3.8, 4) is 0 Å². The van der Waals surface area contributed by atoms with Crippen molar-refractivity contribution in [2.75, 3.05) is 23.9 Å². The van der Waals surface area contributed by atoms with Crippen molar-refractivity contribution < 1.29 is 4.79 Å². The zero-order valence-electron chi connectivity index (χ0n) is 18.9. The van der Waals surface area contributed by atoms with Gasteiger partial charge in [-0.15, -0.1) is 0 Å². The topological polar surface area (TPSA) is 23.6 Å². The van der Waals surface area contributed by atoms with Crippen molar-refractivity contribution in [3.05, 3.63) is 107 Å². The second-order valence-corrected chi connectivity index (χ2v) is 9.26. The van der Waals surface area contributed by atoms with Crippen molar-refractivity contribution in [3.63, 3.8) is 0 Å². The quantitative estimate of drug-likeness (QED) is 0.463. The number of anilines is 2. The Balaban J connectivity index is 1.73. The highest BCUT2D eigenvalue weighted by molar-refractivity contribution is 5.84. The van der Waals surface area contributed by atoms with Crippen LogP contribution in [0.15, 0.2) is 90.1 Å². The Morgan fingerprint density at radius 3 is 2.28 bits per heavy atom. The molecule has 162 valence electrons. The van der Waals surface area contributed by atoms with E-state index in [-0.39, 0.29) is 5.41 Å². The molecule has 0 N–H and O–H groups in total. The van der Waals surface area contributed by atoms with Crippen molar-refractivity contribution in [1.29, 1.82) is 0 Å². The Morgan fingerprint density at radius 1 is 0.938 bits per heavy atom. The molecule has 0 saturated heterocycles. The molecule has 1 atom stereocenters. The number of aldehydes is 1.